The Hall–Kier alpha value is -2.88. The van der Waals surface area contributed by atoms with Gasteiger partial charge >= 0.3 is 5.97 Å². The molecule has 104 valence electrons. The van der Waals surface area contributed by atoms with Crippen LogP contribution in [0.25, 0.3) is 10.9 Å². The van der Waals surface area contributed by atoms with E-state index in [1.165, 1.54) is 12.1 Å². The maximum Gasteiger partial charge on any atom is 0.335 e. The SMILES string of the molecule is Cc1cc(Oc2ccc(C(=O)O)cc2)c2ccccc2n1. The van der Waals surface area contributed by atoms with Crippen molar-refractivity contribution in [3.05, 3.63) is 65.9 Å². The van der Waals surface area contributed by atoms with Crippen molar-refractivity contribution in [2.24, 2.45) is 0 Å². The number of carbonyl (C=O) groups is 1. The minimum absolute atomic E-state index is 0.234. The number of carboxylic acids is 1. The Morgan fingerprint density at radius 1 is 1.10 bits per heavy atom. The lowest BCUT2D eigenvalue weighted by Gasteiger charge is -2.10. The molecular weight excluding hydrogens is 266 g/mol. The number of hydrogen-bond acceptors (Lipinski definition) is 3. The van der Waals surface area contributed by atoms with Gasteiger partial charge in [-0.05, 0) is 43.3 Å². The second-order valence-electron chi connectivity index (χ2n) is 4.71. The summed E-state index contributed by atoms with van der Waals surface area (Å²) in [6, 6.07) is 15.9. The van der Waals surface area contributed by atoms with Gasteiger partial charge in [0.05, 0.1) is 11.1 Å². The number of fused-ring (bicyclic) bond motifs is 1. The molecule has 3 aromatic rings. The molecule has 0 radical (unpaired) electrons. The van der Waals surface area contributed by atoms with Crippen LogP contribution in [0.5, 0.6) is 11.5 Å². The van der Waals surface area contributed by atoms with Crippen molar-refractivity contribution in [2.45, 2.75) is 6.92 Å². The van der Waals surface area contributed by atoms with Gasteiger partial charge in [0.25, 0.3) is 0 Å². The van der Waals surface area contributed by atoms with Gasteiger partial charge in [0.15, 0.2) is 0 Å². The minimum atomic E-state index is -0.952. The number of rotatable bonds is 3. The van der Waals surface area contributed by atoms with Crippen molar-refractivity contribution in [3.8, 4) is 11.5 Å². The van der Waals surface area contributed by atoms with Crippen molar-refractivity contribution < 1.29 is 14.6 Å². The van der Waals surface area contributed by atoms with Gasteiger partial charge in [-0.1, -0.05) is 12.1 Å². The molecule has 0 aliphatic rings. The summed E-state index contributed by atoms with van der Waals surface area (Å²) in [7, 11) is 0. The largest absolute Gasteiger partial charge is 0.478 e. The van der Waals surface area contributed by atoms with E-state index in [0.29, 0.717) is 11.5 Å². The summed E-state index contributed by atoms with van der Waals surface area (Å²) >= 11 is 0. The van der Waals surface area contributed by atoms with E-state index in [9.17, 15) is 4.79 Å². The molecule has 1 aromatic heterocycles. The highest BCUT2D eigenvalue weighted by Gasteiger charge is 2.07. The second-order valence-corrected chi connectivity index (χ2v) is 4.71. The van der Waals surface area contributed by atoms with E-state index >= 15 is 0 Å². The standard InChI is InChI=1S/C17H13NO3/c1-11-10-16(14-4-2-3-5-15(14)18-11)21-13-8-6-12(7-9-13)17(19)20/h2-10H,1H3,(H,19,20). The molecule has 0 saturated heterocycles. The first-order chi connectivity index (χ1) is 10.1. The number of nitrogens with zero attached hydrogens (tertiary/aromatic N) is 1. The fraction of sp³-hybridized carbons (Fsp3) is 0.0588. The van der Waals surface area contributed by atoms with Crippen LogP contribution in [0.4, 0.5) is 0 Å². The Balaban J connectivity index is 1.99. The normalized spacial score (nSPS) is 10.5. The van der Waals surface area contributed by atoms with Crippen LogP contribution >= 0.6 is 0 Å². The number of ether oxygens (including phenoxy) is 1. The van der Waals surface area contributed by atoms with Crippen LogP contribution < -0.4 is 4.74 Å². The van der Waals surface area contributed by atoms with Crippen LogP contribution in [0.3, 0.4) is 0 Å². The molecule has 2 aromatic carbocycles. The lowest BCUT2D eigenvalue weighted by Crippen LogP contribution is -1.95. The number of aromatic carboxylic acids is 1. The molecular formula is C17H13NO3. The first kappa shape index (κ1) is 13.1. The molecule has 4 nitrogen and oxygen atoms in total. The van der Waals surface area contributed by atoms with Gasteiger partial charge in [-0.3, -0.25) is 4.98 Å². The number of aryl methyl sites for hydroxylation is 1. The van der Waals surface area contributed by atoms with Crippen LogP contribution in [-0.4, -0.2) is 16.1 Å². The van der Waals surface area contributed by atoms with E-state index in [0.717, 1.165) is 16.6 Å². The molecule has 1 N–H and O–H groups in total. The molecule has 0 aliphatic carbocycles. The summed E-state index contributed by atoms with van der Waals surface area (Å²) in [5.41, 5.74) is 1.97. The number of para-hydroxylation sites is 1. The molecule has 0 bridgehead atoms. The third kappa shape index (κ3) is 2.69. The fourth-order valence-corrected chi connectivity index (χ4v) is 2.15. The number of pyridine rings is 1. The zero-order valence-corrected chi connectivity index (χ0v) is 11.4. The van der Waals surface area contributed by atoms with E-state index in [-0.39, 0.29) is 5.56 Å². The molecule has 0 aliphatic heterocycles. The summed E-state index contributed by atoms with van der Waals surface area (Å²) in [4.78, 5) is 15.3. The monoisotopic (exact) mass is 279 g/mol. The minimum Gasteiger partial charge on any atom is -0.478 e. The maximum atomic E-state index is 10.8. The first-order valence-electron chi connectivity index (χ1n) is 6.51. The fourth-order valence-electron chi connectivity index (χ4n) is 2.15. The van der Waals surface area contributed by atoms with Crippen LogP contribution in [0.1, 0.15) is 16.1 Å². The van der Waals surface area contributed by atoms with Gasteiger partial charge in [0, 0.05) is 17.1 Å². The second kappa shape index (κ2) is 5.25. The Bertz CT molecular complexity index is 810. The van der Waals surface area contributed by atoms with E-state index in [1.54, 1.807) is 12.1 Å². The average molecular weight is 279 g/mol. The molecule has 0 unspecified atom stereocenters. The number of benzene rings is 2. The predicted molar refractivity (Wildman–Crippen MR) is 80.0 cm³/mol. The highest BCUT2D eigenvalue weighted by Crippen LogP contribution is 2.29. The van der Waals surface area contributed by atoms with Crippen molar-refractivity contribution in [2.75, 3.05) is 0 Å². The summed E-state index contributed by atoms with van der Waals surface area (Å²) in [5.74, 6) is 0.351. The number of hydrogen-bond donors (Lipinski definition) is 1. The van der Waals surface area contributed by atoms with Crippen LogP contribution in [0.2, 0.25) is 0 Å². The zero-order valence-electron chi connectivity index (χ0n) is 11.4. The van der Waals surface area contributed by atoms with Crippen LogP contribution in [-0.2, 0) is 0 Å². The van der Waals surface area contributed by atoms with Gasteiger partial charge in [-0.25, -0.2) is 4.79 Å². The highest BCUT2D eigenvalue weighted by atomic mass is 16.5. The molecule has 4 heteroatoms. The Morgan fingerprint density at radius 3 is 2.52 bits per heavy atom. The Kier molecular flexibility index (Phi) is 3.28. The smallest absolute Gasteiger partial charge is 0.335 e. The lowest BCUT2D eigenvalue weighted by atomic mass is 10.2. The molecule has 0 amide bonds. The van der Waals surface area contributed by atoms with E-state index in [1.807, 2.05) is 37.3 Å². The van der Waals surface area contributed by atoms with Gasteiger partial charge in [0.1, 0.15) is 11.5 Å². The van der Waals surface area contributed by atoms with Crippen molar-refractivity contribution in [1.29, 1.82) is 0 Å². The summed E-state index contributed by atoms with van der Waals surface area (Å²) in [5, 5.41) is 9.82. The number of aromatic nitrogens is 1. The highest BCUT2D eigenvalue weighted by molar-refractivity contribution is 5.88. The summed E-state index contributed by atoms with van der Waals surface area (Å²) in [6.45, 7) is 1.91. The van der Waals surface area contributed by atoms with Crippen molar-refractivity contribution in [3.63, 3.8) is 0 Å². The van der Waals surface area contributed by atoms with E-state index in [4.69, 9.17) is 9.84 Å². The quantitative estimate of drug-likeness (QED) is 0.786. The maximum absolute atomic E-state index is 10.8. The molecule has 0 atom stereocenters. The third-order valence-corrected chi connectivity index (χ3v) is 3.14. The van der Waals surface area contributed by atoms with Gasteiger partial charge in [-0.2, -0.15) is 0 Å². The zero-order chi connectivity index (χ0) is 14.8. The van der Waals surface area contributed by atoms with E-state index < -0.39 is 5.97 Å². The van der Waals surface area contributed by atoms with Crippen molar-refractivity contribution in [1.82, 2.24) is 4.98 Å². The molecule has 0 fully saturated rings. The third-order valence-electron chi connectivity index (χ3n) is 3.14. The van der Waals surface area contributed by atoms with E-state index in [2.05, 4.69) is 4.98 Å². The van der Waals surface area contributed by atoms with Crippen LogP contribution in [0.15, 0.2) is 54.6 Å². The van der Waals surface area contributed by atoms with Gasteiger partial charge in [-0.15, -0.1) is 0 Å². The van der Waals surface area contributed by atoms with Crippen molar-refractivity contribution >= 4 is 16.9 Å². The molecule has 1 heterocycles. The lowest BCUT2D eigenvalue weighted by molar-refractivity contribution is 0.0697. The van der Waals surface area contributed by atoms with Gasteiger partial charge in [0.2, 0.25) is 0 Å². The number of carboxylic acid groups (broad SMARTS) is 1. The molecule has 21 heavy (non-hydrogen) atoms. The topological polar surface area (TPSA) is 59.4 Å². The predicted octanol–water partition coefficient (Wildman–Crippen LogP) is 4.03. The molecule has 0 spiro atoms. The molecule has 0 saturated carbocycles. The average Bonchev–Trinajstić information content (AvgIpc) is 2.47. The van der Waals surface area contributed by atoms with Crippen LogP contribution in [0, 0.1) is 6.92 Å². The Labute approximate surface area is 121 Å². The Morgan fingerprint density at radius 2 is 1.81 bits per heavy atom. The molecule has 3 rings (SSSR count). The van der Waals surface area contributed by atoms with Gasteiger partial charge < -0.3 is 9.84 Å². The first-order valence-corrected chi connectivity index (χ1v) is 6.51. The summed E-state index contributed by atoms with van der Waals surface area (Å²) in [6.07, 6.45) is 0. The summed E-state index contributed by atoms with van der Waals surface area (Å²) < 4.78 is 5.87.